The van der Waals surface area contributed by atoms with Crippen LogP contribution in [0.3, 0.4) is 0 Å². The maximum atomic E-state index is 12.8. The third-order valence-electron chi connectivity index (χ3n) is 9.87. The van der Waals surface area contributed by atoms with Gasteiger partial charge in [-0.25, -0.2) is 4.98 Å². The van der Waals surface area contributed by atoms with Crippen LogP contribution in [0.1, 0.15) is 91.5 Å². The molecule has 0 unspecified atom stereocenters. The van der Waals surface area contributed by atoms with Gasteiger partial charge in [0.2, 0.25) is 0 Å². The van der Waals surface area contributed by atoms with Crippen LogP contribution in [0.15, 0.2) is 30.3 Å². The predicted octanol–water partition coefficient (Wildman–Crippen LogP) is 5.64. The number of aryl methyl sites for hydroxylation is 3. The van der Waals surface area contributed by atoms with Crippen molar-refractivity contribution in [3.63, 3.8) is 0 Å². The fourth-order valence-electron chi connectivity index (χ4n) is 7.32. The Balaban J connectivity index is 1.02. The number of fused-ring (bicyclic) bond motifs is 1. The molecule has 6 rings (SSSR count). The molecule has 4 aliphatic rings. The second kappa shape index (κ2) is 13.4. The summed E-state index contributed by atoms with van der Waals surface area (Å²) < 4.78 is 18.3. The smallest absolute Gasteiger partial charge is 0.325 e. The number of ether oxygens (including phenoxy) is 3. The molecule has 0 aliphatic carbocycles. The summed E-state index contributed by atoms with van der Waals surface area (Å²) in [5.41, 5.74) is 5.67. The number of carboxylic acid groups (broad SMARTS) is 1. The number of pyridine rings is 1. The van der Waals surface area contributed by atoms with Gasteiger partial charge in [-0.05, 0) is 99.3 Å². The molecule has 3 atom stereocenters. The number of nitrogens with zero attached hydrogens (tertiary/aromatic N) is 2. The summed E-state index contributed by atoms with van der Waals surface area (Å²) in [7, 11) is 0. The van der Waals surface area contributed by atoms with Crippen LogP contribution in [0, 0.1) is 12.3 Å². The average Bonchev–Trinajstić information content (AvgIpc) is 3.46. The first kappa shape index (κ1) is 29.5. The topological polar surface area (TPSA) is 93.2 Å². The molecule has 42 heavy (non-hydrogen) atoms. The molecule has 2 aromatic rings. The van der Waals surface area contributed by atoms with Crippen LogP contribution in [-0.4, -0.2) is 73.1 Å². The Labute approximate surface area is 250 Å². The monoisotopic (exact) mass is 577 g/mol. The van der Waals surface area contributed by atoms with E-state index in [4.69, 9.17) is 19.2 Å². The highest BCUT2D eigenvalue weighted by atomic mass is 16.5. The maximum absolute atomic E-state index is 12.8. The minimum atomic E-state index is -0.800. The zero-order chi connectivity index (χ0) is 28.9. The van der Waals surface area contributed by atoms with Gasteiger partial charge in [0, 0.05) is 45.1 Å². The van der Waals surface area contributed by atoms with E-state index in [2.05, 4.69) is 40.5 Å². The van der Waals surface area contributed by atoms with Gasteiger partial charge >= 0.3 is 5.97 Å². The molecule has 5 heterocycles. The van der Waals surface area contributed by atoms with Crippen molar-refractivity contribution in [3.05, 3.63) is 58.3 Å². The highest BCUT2D eigenvalue weighted by molar-refractivity contribution is 5.76. The normalized spacial score (nSPS) is 24.7. The second-order valence-electron chi connectivity index (χ2n) is 12.9. The Kier molecular flexibility index (Phi) is 9.44. The largest absolute Gasteiger partial charge is 0.480 e. The van der Waals surface area contributed by atoms with Crippen LogP contribution in [0.5, 0.6) is 0 Å². The molecule has 1 spiro atoms. The van der Waals surface area contributed by atoms with E-state index >= 15 is 0 Å². The molecule has 0 amide bonds. The molecule has 0 radical (unpaired) electrons. The van der Waals surface area contributed by atoms with Gasteiger partial charge in [0.15, 0.2) is 0 Å². The number of likely N-dealkylation sites (tertiary alicyclic amines) is 1. The van der Waals surface area contributed by atoms with Gasteiger partial charge in [-0.3, -0.25) is 9.69 Å². The molecular weight excluding hydrogens is 530 g/mol. The minimum absolute atomic E-state index is 0.0606. The molecular formula is C34H47N3O5. The first-order valence-corrected chi connectivity index (χ1v) is 16.1. The van der Waals surface area contributed by atoms with Crippen LogP contribution < -0.4 is 5.32 Å². The summed E-state index contributed by atoms with van der Waals surface area (Å²) in [4.78, 5) is 19.7. The number of unbranched alkanes of at least 4 members (excludes halogenated alkanes) is 1. The van der Waals surface area contributed by atoms with Crippen LogP contribution in [0.25, 0.3) is 0 Å². The number of carboxylic acids is 1. The quantitative estimate of drug-likeness (QED) is 0.351. The summed E-state index contributed by atoms with van der Waals surface area (Å²) in [5, 5.41) is 13.9. The molecule has 4 aliphatic heterocycles. The zero-order valence-corrected chi connectivity index (χ0v) is 25.1. The highest BCUT2D eigenvalue weighted by Gasteiger charge is 2.40. The molecule has 8 nitrogen and oxygen atoms in total. The lowest BCUT2D eigenvalue weighted by Gasteiger charge is -2.43. The van der Waals surface area contributed by atoms with Crippen molar-refractivity contribution >= 4 is 11.8 Å². The number of benzene rings is 1. The molecule has 0 saturated carbocycles. The van der Waals surface area contributed by atoms with E-state index in [-0.39, 0.29) is 17.6 Å². The van der Waals surface area contributed by atoms with E-state index < -0.39 is 12.0 Å². The fraction of sp³-hybridized carbons (Fsp3) is 0.647. The number of aliphatic carboxylic acids is 1. The summed E-state index contributed by atoms with van der Waals surface area (Å²) in [6.45, 7) is 7.45. The van der Waals surface area contributed by atoms with E-state index in [9.17, 15) is 9.90 Å². The van der Waals surface area contributed by atoms with Gasteiger partial charge in [-0.2, -0.15) is 0 Å². The van der Waals surface area contributed by atoms with Crippen LogP contribution >= 0.6 is 0 Å². The molecule has 1 aromatic carbocycles. The molecule has 3 saturated heterocycles. The lowest BCUT2D eigenvalue weighted by Crippen LogP contribution is -2.39. The van der Waals surface area contributed by atoms with Crippen molar-refractivity contribution < 1.29 is 24.1 Å². The van der Waals surface area contributed by atoms with E-state index in [0.717, 1.165) is 119 Å². The number of hydrogen-bond donors (Lipinski definition) is 2. The van der Waals surface area contributed by atoms with Crippen LogP contribution in [0.4, 0.5) is 5.82 Å². The number of anilines is 1. The minimum Gasteiger partial charge on any atom is -0.480 e. The zero-order valence-electron chi connectivity index (χ0n) is 25.1. The number of aromatic nitrogens is 1. The predicted molar refractivity (Wildman–Crippen MR) is 162 cm³/mol. The van der Waals surface area contributed by atoms with Crippen molar-refractivity contribution in [1.29, 1.82) is 0 Å². The average molecular weight is 578 g/mol. The van der Waals surface area contributed by atoms with Gasteiger partial charge in [-0.1, -0.05) is 29.8 Å². The number of rotatable bonds is 10. The van der Waals surface area contributed by atoms with Crippen molar-refractivity contribution in [2.75, 3.05) is 51.4 Å². The second-order valence-corrected chi connectivity index (χ2v) is 12.9. The van der Waals surface area contributed by atoms with Crippen molar-refractivity contribution in [3.8, 4) is 0 Å². The van der Waals surface area contributed by atoms with Crippen molar-refractivity contribution in [2.24, 2.45) is 5.41 Å². The lowest BCUT2D eigenvalue weighted by molar-refractivity contribution is -0.143. The Hall–Kier alpha value is -2.52. The summed E-state index contributed by atoms with van der Waals surface area (Å²) in [6, 6.07) is 9.94. The van der Waals surface area contributed by atoms with E-state index in [1.165, 1.54) is 12.0 Å². The number of hydrogen-bond acceptors (Lipinski definition) is 7. The van der Waals surface area contributed by atoms with E-state index in [1.54, 1.807) is 0 Å². The maximum Gasteiger partial charge on any atom is 0.325 e. The van der Waals surface area contributed by atoms with Gasteiger partial charge in [-0.15, -0.1) is 0 Å². The van der Waals surface area contributed by atoms with E-state index in [1.807, 2.05) is 6.92 Å². The lowest BCUT2D eigenvalue weighted by atomic mass is 9.74. The van der Waals surface area contributed by atoms with Crippen LogP contribution in [0.2, 0.25) is 0 Å². The molecule has 1 aromatic heterocycles. The summed E-state index contributed by atoms with van der Waals surface area (Å²) >= 11 is 0. The highest BCUT2D eigenvalue weighted by Crippen LogP contribution is 2.45. The SMILES string of the molecule is Cc1ccc([C@@H]2CCC3(CCOCC3)CO2)c([C@@H](C(=O)O)N2CC[C@@H](OCCCCc3ccc4c(n3)NCCC4)C2)c1. The molecule has 0 bridgehead atoms. The molecule has 228 valence electrons. The van der Waals surface area contributed by atoms with Gasteiger partial charge < -0.3 is 24.6 Å². The van der Waals surface area contributed by atoms with Crippen LogP contribution in [-0.2, 0) is 31.8 Å². The Morgan fingerprint density at radius 2 is 2.07 bits per heavy atom. The summed E-state index contributed by atoms with van der Waals surface area (Å²) in [5.74, 6) is 0.260. The Bertz CT molecular complexity index is 1220. The first-order valence-electron chi connectivity index (χ1n) is 16.1. The van der Waals surface area contributed by atoms with Gasteiger partial charge in [0.1, 0.15) is 11.9 Å². The van der Waals surface area contributed by atoms with Gasteiger partial charge in [0.25, 0.3) is 0 Å². The third-order valence-corrected chi connectivity index (χ3v) is 9.87. The summed E-state index contributed by atoms with van der Waals surface area (Å²) in [6.07, 6.45) is 10.2. The molecule has 8 heteroatoms. The Morgan fingerprint density at radius 1 is 1.19 bits per heavy atom. The fourth-order valence-corrected chi connectivity index (χ4v) is 7.32. The molecule has 2 N–H and O–H groups in total. The number of carbonyl (C=O) groups is 1. The first-order chi connectivity index (χ1) is 20.5. The number of nitrogens with one attached hydrogen (secondary N) is 1. The standard InChI is InChI=1S/C34H47N3O5/c1-24-7-10-28(30-11-13-34(23-42-30)14-19-40-20-15-34)29(21-24)31(33(38)39)37-17-12-27(22-37)41-18-3-2-6-26-9-8-25-5-4-16-35-32(25)36-26/h7-10,21,27,30-31H,2-6,11-20,22-23H2,1H3,(H,35,36)(H,38,39)/t27-,30+,31+/m1/s1. The Morgan fingerprint density at radius 3 is 2.88 bits per heavy atom. The third kappa shape index (κ3) is 6.83. The van der Waals surface area contributed by atoms with E-state index in [0.29, 0.717) is 13.2 Å². The van der Waals surface area contributed by atoms with Gasteiger partial charge in [0.05, 0.1) is 18.8 Å². The van der Waals surface area contributed by atoms with Crippen molar-refractivity contribution in [2.45, 2.75) is 89.4 Å². The van der Waals surface area contributed by atoms with Crippen molar-refractivity contribution in [1.82, 2.24) is 9.88 Å². The molecule has 3 fully saturated rings.